The molecule has 1 aromatic rings. The molecule has 26 heavy (non-hydrogen) atoms. The van der Waals surface area contributed by atoms with Gasteiger partial charge < -0.3 is 5.32 Å². The fourth-order valence-electron chi connectivity index (χ4n) is 2.58. The van der Waals surface area contributed by atoms with Crippen LogP contribution in [-0.4, -0.2) is 71.0 Å². The van der Waals surface area contributed by atoms with Gasteiger partial charge in [0.25, 0.3) is 0 Å². The van der Waals surface area contributed by atoms with Gasteiger partial charge in [-0.3, -0.25) is 24.2 Å². The number of carbonyl (C=O) groups is 4. The molecule has 0 spiro atoms. The number of amides is 5. The zero-order chi connectivity index (χ0) is 19.4. The lowest BCUT2D eigenvalue weighted by atomic mass is 10.3. The number of hydrogen-bond donors (Lipinski definition) is 1. The van der Waals surface area contributed by atoms with Gasteiger partial charge in [-0.1, -0.05) is 12.1 Å². The van der Waals surface area contributed by atoms with E-state index in [0.717, 1.165) is 14.7 Å². The van der Waals surface area contributed by atoms with Gasteiger partial charge in [-0.05, 0) is 39.3 Å². The van der Waals surface area contributed by atoms with Gasteiger partial charge in [0.1, 0.15) is 0 Å². The molecule has 0 saturated carbocycles. The summed E-state index contributed by atoms with van der Waals surface area (Å²) in [7, 11) is 1.60. The Hall–Kier alpha value is -2.39. The Morgan fingerprint density at radius 2 is 1.85 bits per heavy atom. The average Bonchev–Trinajstić information content (AvgIpc) is 2.78. The molecule has 0 aliphatic carbocycles. The number of imide groups is 2. The summed E-state index contributed by atoms with van der Waals surface area (Å²) in [6.45, 7) is 3.15. The van der Waals surface area contributed by atoms with E-state index in [-0.39, 0.29) is 19.1 Å². The molecule has 1 saturated heterocycles. The van der Waals surface area contributed by atoms with Crippen LogP contribution in [0.3, 0.4) is 0 Å². The second-order valence-corrected chi connectivity index (χ2v) is 7.04. The van der Waals surface area contributed by atoms with Crippen LogP contribution < -0.4 is 5.32 Å². The smallest absolute Gasteiger partial charge is 0.324 e. The Labute approximate surface area is 156 Å². The Balaban J connectivity index is 1.97. The molecule has 1 fully saturated rings. The Bertz CT molecular complexity index is 737. The second kappa shape index (κ2) is 8.33. The first-order chi connectivity index (χ1) is 12.3. The van der Waals surface area contributed by atoms with Crippen molar-refractivity contribution in [3.05, 3.63) is 24.3 Å². The van der Waals surface area contributed by atoms with Crippen molar-refractivity contribution in [1.82, 2.24) is 14.7 Å². The largest absolute Gasteiger partial charge is 0.335 e. The molecule has 140 valence electrons. The number of hydrogen-bond acceptors (Lipinski definition) is 6. The summed E-state index contributed by atoms with van der Waals surface area (Å²) in [5.74, 6) is -1.99. The van der Waals surface area contributed by atoms with Gasteiger partial charge >= 0.3 is 17.8 Å². The summed E-state index contributed by atoms with van der Waals surface area (Å²) in [5, 5.41) is 2.81. The minimum Gasteiger partial charge on any atom is -0.324 e. The van der Waals surface area contributed by atoms with E-state index in [1.165, 1.54) is 16.7 Å². The van der Waals surface area contributed by atoms with Gasteiger partial charge in [0.15, 0.2) is 0 Å². The van der Waals surface area contributed by atoms with Crippen molar-refractivity contribution in [3.63, 3.8) is 0 Å². The van der Waals surface area contributed by atoms with Gasteiger partial charge in [-0.25, -0.2) is 9.69 Å². The van der Waals surface area contributed by atoms with Crippen molar-refractivity contribution < 1.29 is 19.2 Å². The van der Waals surface area contributed by atoms with Crippen LogP contribution in [0.25, 0.3) is 0 Å². The quantitative estimate of drug-likeness (QED) is 0.439. The summed E-state index contributed by atoms with van der Waals surface area (Å²) < 4.78 is 0. The Kier molecular flexibility index (Phi) is 6.38. The minimum atomic E-state index is -0.872. The first-order valence-corrected chi connectivity index (χ1v) is 9.29. The van der Waals surface area contributed by atoms with Crippen LogP contribution in [0.4, 0.5) is 10.5 Å². The molecule has 5 amide bonds. The molecule has 1 heterocycles. The lowest BCUT2D eigenvalue weighted by Gasteiger charge is -2.23. The van der Waals surface area contributed by atoms with E-state index in [9.17, 15) is 19.2 Å². The maximum atomic E-state index is 12.2. The number of benzene rings is 1. The summed E-state index contributed by atoms with van der Waals surface area (Å²) >= 11 is 1.52. The van der Waals surface area contributed by atoms with Crippen LogP contribution in [0.1, 0.15) is 13.8 Å². The fourth-order valence-corrected chi connectivity index (χ4v) is 3.13. The van der Waals surface area contributed by atoms with E-state index in [0.29, 0.717) is 5.69 Å². The fraction of sp³-hybridized carbons (Fsp3) is 0.412. The predicted molar refractivity (Wildman–Crippen MR) is 98.6 cm³/mol. The number of para-hydroxylation sites is 1. The lowest BCUT2D eigenvalue weighted by Crippen LogP contribution is -2.44. The monoisotopic (exact) mass is 378 g/mol. The SMILES string of the molecule is CSc1ccccc1NC(=O)CN(C)CN1C(=O)C(=O)N(C(C)C)C1=O. The van der Waals surface area contributed by atoms with Crippen LogP contribution in [0.15, 0.2) is 29.2 Å². The van der Waals surface area contributed by atoms with Crippen LogP contribution in [0.2, 0.25) is 0 Å². The topological polar surface area (TPSA) is 90.0 Å². The van der Waals surface area contributed by atoms with Gasteiger partial charge in [0, 0.05) is 10.9 Å². The summed E-state index contributed by atoms with van der Waals surface area (Å²) in [4.78, 5) is 52.6. The minimum absolute atomic E-state index is 0.0321. The normalized spacial score (nSPS) is 14.8. The molecule has 9 heteroatoms. The van der Waals surface area contributed by atoms with Gasteiger partial charge in [0.05, 0.1) is 18.9 Å². The Morgan fingerprint density at radius 1 is 1.19 bits per heavy atom. The zero-order valence-corrected chi connectivity index (χ0v) is 16.0. The van der Waals surface area contributed by atoms with E-state index in [1.54, 1.807) is 27.0 Å². The van der Waals surface area contributed by atoms with Gasteiger partial charge in [-0.2, -0.15) is 0 Å². The maximum absolute atomic E-state index is 12.2. The van der Waals surface area contributed by atoms with E-state index in [4.69, 9.17) is 0 Å². The van der Waals surface area contributed by atoms with Gasteiger partial charge in [0.2, 0.25) is 5.91 Å². The molecule has 0 aromatic heterocycles. The maximum Gasteiger partial charge on any atom is 0.335 e. The standard InChI is InChI=1S/C17H22N4O4S/c1-11(2)21-16(24)15(23)20(17(21)25)10-19(3)9-14(22)18-12-7-5-6-8-13(12)26-4/h5-8,11H,9-10H2,1-4H3,(H,18,22). The number of likely N-dealkylation sites (N-methyl/N-ethyl adjacent to an activating group) is 1. The number of anilines is 1. The first kappa shape index (κ1) is 19.9. The molecule has 0 atom stereocenters. The predicted octanol–water partition coefficient (Wildman–Crippen LogP) is 1.44. The van der Waals surface area contributed by atoms with E-state index < -0.39 is 23.9 Å². The highest BCUT2D eigenvalue weighted by molar-refractivity contribution is 7.98. The van der Waals surface area contributed by atoms with Crippen LogP contribution in [0.5, 0.6) is 0 Å². The highest BCUT2D eigenvalue weighted by Gasteiger charge is 2.45. The summed E-state index contributed by atoms with van der Waals surface area (Å²) in [6, 6.07) is 6.35. The molecule has 1 aliphatic rings. The van der Waals surface area contributed by atoms with Crippen LogP contribution in [0, 0.1) is 0 Å². The number of thioether (sulfide) groups is 1. The molecule has 0 radical (unpaired) electrons. The molecule has 0 unspecified atom stereocenters. The van der Waals surface area contributed by atoms with E-state index >= 15 is 0 Å². The van der Waals surface area contributed by atoms with Crippen molar-refractivity contribution in [3.8, 4) is 0 Å². The molecule has 1 aliphatic heterocycles. The number of nitrogens with zero attached hydrogens (tertiary/aromatic N) is 3. The van der Waals surface area contributed by atoms with Crippen molar-refractivity contribution in [2.75, 3.05) is 31.8 Å². The average molecular weight is 378 g/mol. The number of urea groups is 1. The van der Waals surface area contributed by atoms with E-state index in [2.05, 4.69) is 5.32 Å². The highest BCUT2D eigenvalue weighted by atomic mass is 32.2. The van der Waals surface area contributed by atoms with Crippen molar-refractivity contribution in [2.24, 2.45) is 0 Å². The molecule has 1 N–H and O–H groups in total. The third-order valence-electron chi connectivity index (χ3n) is 3.78. The van der Waals surface area contributed by atoms with Crippen molar-refractivity contribution >= 4 is 41.2 Å². The van der Waals surface area contributed by atoms with Gasteiger partial charge in [-0.15, -0.1) is 11.8 Å². The molecule has 2 rings (SSSR count). The van der Waals surface area contributed by atoms with Crippen LogP contribution in [-0.2, 0) is 14.4 Å². The lowest BCUT2D eigenvalue weighted by molar-refractivity contribution is -0.144. The first-order valence-electron chi connectivity index (χ1n) is 8.06. The molecule has 1 aromatic carbocycles. The highest BCUT2D eigenvalue weighted by Crippen LogP contribution is 2.24. The number of nitrogens with one attached hydrogen (secondary N) is 1. The zero-order valence-electron chi connectivity index (χ0n) is 15.2. The Morgan fingerprint density at radius 3 is 2.42 bits per heavy atom. The molecule has 8 nitrogen and oxygen atoms in total. The summed E-state index contributed by atoms with van der Waals surface area (Å²) in [5.41, 5.74) is 0.702. The van der Waals surface area contributed by atoms with E-state index in [1.807, 2.05) is 24.5 Å². The van der Waals surface area contributed by atoms with Crippen molar-refractivity contribution in [2.45, 2.75) is 24.8 Å². The number of carbonyl (C=O) groups excluding carboxylic acids is 4. The van der Waals surface area contributed by atoms with Crippen molar-refractivity contribution in [1.29, 1.82) is 0 Å². The third kappa shape index (κ3) is 4.23. The summed E-state index contributed by atoms with van der Waals surface area (Å²) in [6.07, 6.45) is 1.92. The second-order valence-electron chi connectivity index (χ2n) is 6.19. The molecule has 0 bridgehead atoms. The van der Waals surface area contributed by atoms with Crippen LogP contribution >= 0.6 is 11.8 Å². The molecular weight excluding hydrogens is 356 g/mol. The molecular formula is C17H22N4O4S. The third-order valence-corrected chi connectivity index (χ3v) is 4.57. The number of rotatable bonds is 7.